The number of anilines is 1. The predicted octanol–water partition coefficient (Wildman–Crippen LogP) is 6.56. The quantitative estimate of drug-likeness (QED) is 0.0536. The summed E-state index contributed by atoms with van der Waals surface area (Å²) in [7, 11) is 0. The number of aliphatic carboxylic acids is 1. The number of nitrogen functional groups attached to an aromatic ring is 1. The van der Waals surface area contributed by atoms with Crippen LogP contribution in [0.4, 0.5) is 5.82 Å². The number of aromatic nitrogens is 2. The number of carboxylic acids is 1. The highest BCUT2D eigenvalue weighted by atomic mass is 16.4. The van der Waals surface area contributed by atoms with Crippen LogP contribution >= 0.6 is 0 Å². The molecule has 0 bridgehead atoms. The average molecular weight is 696 g/mol. The monoisotopic (exact) mass is 695 g/mol. The third-order valence-electron chi connectivity index (χ3n) is 11.7. The molecule has 2 aliphatic carbocycles. The van der Waals surface area contributed by atoms with Gasteiger partial charge in [0.2, 0.25) is 0 Å². The SMILES string of the molecule is CCCCCC1C=CC(CCCCCC(C(=O)O)C(O)CCC2(O)CC(Cc3ccnc(N)c3)CC2Cc2cc(CC)c(CCO)[nH]2)C(O)C1. The van der Waals surface area contributed by atoms with E-state index in [2.05, 4.69) is 42.0 Å². The Morgan fingerprint density at radius 3 is 2.56 bits per heavy atom. The second-order valence-corrected chi connectivity index (χ2v) is 15.5. The normalized spacial score (nSPS) is 26.3. The van der Waals surface area contributed by atoms with Crippen LogP contribution in [0.25, 0.3) is 0 Å². The van der Waals surface area contributed by atoms with Gasteiger partial charge in [0, 0.05) is 36.5 Å². The Hall–Kier alpha value is -2.72. The summed E-state index contributed by atoms with van der Waals surface area (Å²) in [6.07, 6.45) is 19.0. The lowest BCUT2D eigenvalue weighted by atomic mass is 9.80. The summed E-state index contributed by atoms with van der Waals surface area (Å²) in [5.41, 5.74) is 9.22. The molecule has 50 heavy (non-hydrogen) atoms. The molecule has 4 rings (SSSR count). The van der Waals surface area contributed by atoms with Gasteiger partial charge in [-0.25, -0.2) is 4.98 Å². The molecule has 8 N–H and O–H groups in total. The van der Waals surface area contributed by atoms with E-state index in [1.54, 1.807) is 6.20 Å². The number of allylic oxidation sites excluding steroid dienone is 1. The summed E-state index contributed by atoms with van der Waals surface area (Å²) in [5.74, 6) is -0.616. The molecule has 9 nitrogen and oxygen atoms in total. The summed E-state index contributed by atoms with van der Waals surface area (Å²) >= 11 is 0. The molecule has 0 aliphatic heterocycles. The maximum absolute atomic E-state index is 12.3. The molecule has 8 atom stereocenters. The number of aliphatic hydroxyl groups excluding tert-OH is 3. The zero-order valence-corrected chi connectivity index (χ0v) is 30.6. The van der Waals surface area contributed by atoms with E-state index in [1.165, 1.54) is 24.8 Å². The minimum absolute atomic E-state index is 0.0664. The minimum Gasteiger partial charge on any atom is -0.481 e. The van der Waals surface area contributed by atoms with Gasteiger partial charge < -0.3 is 36.3 Å². The Morgan fingerprint density at radius 1 is 1.06 bits per heavy atom. The largest absolute Gasteiger partial charge is 0.481 e. The van der Waals surface area contributed by atoms with Crippen molar-refractivity contribution in [1.29, 1.82) is 0 Å². The smallest absolute Gasteiger partial charge is 0.309 e. The van der Waals surface area contributed by atoms with E-state index in [1.807, 2.05) is 12.1 Å². The fraction of sp³-hybridized carbons (Fsp3) is 0.707. The van der Waals surface area contributed by atoms with Crippen molar-refractivity contribution < 1.29 is 30.3 Å². The molecular weight excluding hydrogens is 630 g/mol. The Labute approximate surface area is 299 Å². The van der Waals surface area contributed by atoms with E-state index in [9.17, 15) is 30.3 Å². The van der Waals surface area contributed by atoms with Crippen molar-refractivity contribution in [3.05, 3.63) is 59.1 Å². The first-order chi connectivity index (χ1) is 24.0. The first-order valence-electron chi connectivity index (χ1n) is 19.6. The number of nitrogens with zero attached hydrogens (tertiary/aromatic N) is 1. The highest BCUT2D eigenvalue weighted by molar-refractivity contribution is 5.70. The molecule has 2 aromatic rings. The van der Waals surface area contributed by atoms with Crippen LogP contribution in [0.15, 0.2) is 36.5 Å². The number of carboxylic acid groups (broad SMARTS) is 1. The number of aliphatic hydroxyl groups is 4. The molecule has 1 fully saturated rings. The summed E-state index contributed by atoms with van der Waals surface area (Å²) in [4.78, 5) is 19.9. The maximum Gasteiger partial charge on any atom is 0.309 e. The number of unbranched alkanes of at least 4 members (excludes halogenated alkanes) is 4. The van der Waals surface area contributed by atoms with E-state index in [0.29, 0.717) is 50.3 Å². The molecule has 1 saturated carbocycles. The van der Waals surface area contributed by atoms with Gasteiger partial charge in [-0.05, 0) is 118 Å². The van der Waals surface area contributed by atoms with Crippen molar-refractivity contribution in [1.82, 2.24) is 9.97 Å². The molecule has 280 valence electrons. The van der Waals surface area contributed by atoms with E-state index in [4.69, 9.17) is 5.73 Å². The van der Waals surface area contributed by atoms with Crippen LogP contribution in [-0.4, -0.2) is 65.9 Å². The first-order valence-corrected chi connectivity index (χ1v) is 19.6. The van der Waals surface area contributed by atoms with Gasteiger partial charge in [-0.15, -0.1) is 0 Å². The number of hydrogen-bond donors (Lipinski definition) is 7. The fourth-order valence-electron chi connectivity index (χ4n) is 8.85. The Morgan fingerprint density at radius 2 is 1.86 bits per heavy atom. The van der Waals surface area contributed by atoms with E-state index < -0.39 is 23.6 Å². The molecule has 0 amide bonds. The lowest BCUT2D eigenvalue weighted by Crippen LogP contribution is -2.37. The molecule has 8 unspecified atom stereocenters. The van der Waals surface area contributed by atoms with E-state index in [-0.39, 0.29) is 36.9 Å². The first kappa shape index (κ1) is 40.1. The molecule has 2 aliphatic rings. The number of aryl methyl sites for hydroxylation is 1. The predicted molar refractivity (Wildman–Crippen MR) is 199 cm³/mol. The van der Waals surface area contributed by atoms with Crippen LogP contribution in [0, 0.1) is 29.6 Å². The van der Waals surface area contributed by atoms with Gasteiger partial charge in [-0.3, -0.25) is 4.79 Å². The molecule has 2 aromatic heterocycles. The Bertz CT molecular complexity index is 1350. The van der Waals surface area contributed by atoms with Gasteiger partial charge in [0.15, 0.2) is 0 Å². The molecular formula is C41H65N3O6. The van der Waals surface area contributed by atoms with Crippen LogP contribution in [0.3, 0.4) is 0 Å². The lowest BCUT2D eigenvalue weighted by Gasteiger charge is -2.32. The zero-order chi connectivity index (χ0) is 36.1. The van der Waals surface area contributed by atoms with Crippen molar-refractivity contribution in [2.75, 3.05) is 12.3 Å². The van der Waals surface area contributed by atoms with Gasteiger partial charge in [0.05, 0.1) is 23.7 Å². The van der Waals surface area contributed by atoms with Gasteiger partial charge in [-0.1, -0.05) is 64.5 Å². The molecule has 9 heteroatoms. The van der Waals surface area contributed by atoms with Crippen LogP contribution in [0.1, 0.15) is 126 Å². The Balaban J connectivity index is 1.32. The van der Waals surface area contributed by atoms with Crippen molar-refractivity contribution in [2.45, 2.75) is 147 Å². The van der Waals surface area contributed by atoms with Crippen molar-refractivity contribution >= 4 is 11.8 Å². The highest BCUT2D eigenvalue weighted by Gasteiger charge is 2.46. The molecule has 0 aromatic carbocycles. The van der Waals surface area contributed by atoms with Gasteiger partial charge in [0.1, 0.15) is 5.82 Å². The van der Waals surface area contributed by atoms with E-state index in [0.717, 1.165) is 68.3 Å². The number of hydrogen-bond acceptors (Lipinski definition) is 7. The van der Waals surface area contributed by atoms with Crippen molar-refractivity contribution in [2.24, 2.45) is 29.6 Å². The lowest BCUT2D eigenvalue weighted by molar-refractivity contribution is -0.146. The maximum atomic E-state index is 12.3. The zero-order valence-electron chi connectivity index (χ0n) is 30.6. The molecule has 2 heterocycles. The number of carbonyl (C=O) groups is 1. The third-order valence-corrected chi connectivity index (χ3v) is 11.7. The standard InChI is InChI=1S/C41H65N3O6/c1-3-5-7-10-28-13-14-32(38(47)23-28)11-8-6-9-12-35(40(48)49)37(46)15-18-41(50)27-30(21-29-16-19-43-39(42)24-29)22-33(41)26-34-25-31(4-2)36(44-34)17-20-45/h13-14,16,19,24-25,28,30,32-33,35,37-38,44-47,50H,3-12,15,17-18,20-23,26-27H2,1-2H3,(H2,42,43)(H,48,49). The van der Waals surface area contributed by atoms with Crippen LogP contribution in [-0.2, 0) is 30.5 Å². The number of nitrogens with one attached hydrogen (secondary N) is 1. The second kappa shape index (κ2) is 19.8. The van der Waals surface area contributed by atoms with Crippen LogP contribution in [0.2, 0.25) is 0 Å². The second-order valence-electron chi connectivity index (χ2n) is 15.5. The number of rotatable bonds is 22. The van der Waals surface area contributed by atoms with Crippen molar-refractivity contribution in [3.8, 4) is 0 Å². The Kier molecular flexibility index (Phi) is 15.8. The van der Waals surface area contributed by atoms with Gasteiger partial charge in [-0.2, -0.15) is 0 Å². The van der Waals surface area contributed by atoms with E-state index >= 15 is 0 Å². The third kappa shape index (κ3) is 11.7. The van der Waals surface area contributed by atoms with Gasteiger partial charge in [0.25, 0.3) is 0 Å². The minimum atomic E-state index is -1.05. The number of H-pyrrole nitrogens is 1. The number of nitrogens with two attached hydrogens (primary N) is 1. The van der Waals surface area contributed by atoms with Gasteiger partial charge >= 0.3 is 5.97 Å². The summed E-state index contributed by atoms with van der Waals surface area (Å²) in [5, 5.41) is 53.7. The summed E-state index contributed by atoms with van der Waals surface area (Å²) < 4.78 is 0. The molecule has 0 saturated heterocycles. The summed E-state index contributed by atoms with van der Waals surface area (Å²) in [6.45, 7) is 4.37. The van der Waals surface area contributed by atoms with Crippen LogP contribution < -0.4 is 5.73 Å². The fourth-order valence-corrected chi connectivity index (χ4v) is 8.85. The summed E-state index contributed by atoms with van der Waals surface area (Å²) in [6, 6.07) is 5.99. The molecule has 0 radical (unpaired) electrons. The average Bonchev–Trinajstić information content (AvgIpc) is 3.61. The molecule has 0 spiro atoms. The number of pyridine rings is 1. The number of aromatic amines is 1. The highest BCUT2D eigenvalue weighted by Crippen LogP contribution is 2.46. The topological polar surface area (TPSA) is 173 Å². The van der Waals surface area contributed by atoms with Crippen LogP contribution in [0.5, 0.6) is 0 Å². The van der Waals surface area contributed by atoms with Crippen molar-refractivity contribution in [3.63, 3.8) is 0 Å².